The van der Waals surface area contributed by atoms with Gasteiger partial charge in [0.15, 0.2) is 0 Å². The zero-order chi connectivity index (χ0) is 7.73. The molecule has 1 heterocycles. The van der Waals surface area contributed by atoms with Gasteiger partial charge < -0.3 is 5.32 Å². The van der Waals surface area contributed by atoms with E-state index in [2.05, 4.69) is 5.32 Å². The van der Waals surface area contributed by atoms with Gasteiger partial charge in [-0.05, 0) is 31.2 Å². The molecule has 2 aliphatic rings. The lowest BCUT2D eigenvalue weighted by Crippen LogP contribution is -2.38. The minimum atomic E-state index is 0. The normalized spacial score (nSPS) is 35.2. The molecular formula is C9H16ClNO. The molecule has 1 saturated heterocycles. The number of carbonyl (C=O) groups is 1. The van der Waals surface area contributed by atoms with Gasteiger partial charge in [0.05, 0.1) is 0 Å². The molecule has 1 aliphatic heterocycles. The van der Waals surface area contributed by atoms with E-state index in [0.717, 1.165) is 32.4 Å². The van der Waals surface area contributed by atoms with Crippen LogP contribution in [-0.2, 0) is 4.79 Å². The topological polar surface area (TPSA) is 29.1 Å². The summed E-state index contributed by atoms with van der Waals surface area (Å²) in [5.74, 6) is 0.480. The first-order chi connectivity index (χ1) is 5.31. The molecule has 1 spiro atoms. The summed E-state index contributed by atoms with van der Waals surface area (Å²) >= 11 is 0. The van der Waals surface area contributed by atoms with Crippen molar-refractivity contribution in [3.8, 4) is 0 Å². The maximum atomic E-state index is 11.1. The minimum absolute atomic E-state index is 0. The van der Waals surface area contributed by atoms with E-state index in [-0.39, 0.29) is 12.4 Å². The predicted octanol–water partition coefficient (Wildman–Crippen LogP) is 1.53. The summed E-state index contributed by atoms with van der Waals surface area (Å²) in [6.07, 6.45) is 5.35. The Kier molecular flexibility index (Phi) is 3.13. The van der Waals surface area contributed by atoms with Crippen LogP contribution in [0.15, 0.2) is 0 Å². The summed E-state index contributed by atoms with van der Waals surface area (Å²) < 4.78 is 0. The Morgan fingerprint density at radius 3 is 2.67 bits per heavy atom. The lowest BCUT2D eigenvalue weighted by molar-refractivity contribution is -0.118. The van der Waals surface area contributed by atoms with Crippen LogP contribution in [-0.4, -0.2) is 18.9 Å². The summed E-state index contributed by atoms with van der Waals surface area (Å²) in [6, 6.07) is 0. The molecule has 0 amide bonds. The van der Waals surface area contributed by atoms with E-state index in [9.17, 15) is 4.79 Å². The molecule has 0 aromatic carbocycles. The van der Waals surface area contributed by atoms with Crippen molar-refractivity contribution in [2.45, 2.75) is 32.1 Å². The van der Waals surface area contributed by atoms with E-state index >= 15 is 0 Å². The van der Waals surface area contributed by atoms with Gasteiger partial charge in [0.2, 0.25) is 0 Å². The van der Waals surface area contributed by atoms with Crippen LogP contribution in [0.2, 0.25) is 0 Å². The van der Waals surface area contributed by atoms with E-state index in [1.54, 1.807) is 0 Å². The van der Waals surface area contributed by atoms with Crippen molar-refractivity contribution in [2.24, 2.45) is 5.41 Å². The largest absolute Gasteiger partial charge is 0.316 e. The van der Waals surface area contributed by atoms with E-state index in [4.69, 9.17) is 0 Å². The van der Waals surface area contributed by atoms with Crippen LogP contribution in [0.4, 0.5) is 0 Å². The molecule has 1 saturated carbocycles. The molecule has 1 aliphatic carbocycles. The first-order valence-electron chi connectivity index (χ1n) is 4.53. The standard InChI is InChI=1S/C9H15NO.ClH/c11-8-2-4-9(6-8)3-1-5-10-7-9;/h10H,1-7H2;1H. The maximum absolute atomic E-state index is 11.1. The number of halogens is 1. The van der Waals surface area contributed by atoms with Gasteiger partial charge in [-0.1, -0.05) is 0 Å². The van der Waals surface area contributed by atoms with Gasteiger partial charge >= 0.3 is 0 Å². The molecule has 0 radical (unpaired) electrons. The Hall–Kier alpha value is -0.0800. The van der Waals surface area contributed by atoms with Gasteiger partial charge in [0.25, 0.3) is 0 Å². The van der Waals surface area contributed by atoms with Crippen molar-refractivity contribution >= 4 is 18.2 Å². The number of rotatable bonds is 0. The fourth-order valence-corrected chi connectivity index (χ4v) is 2.39. The number of ketones is 1. The fourth-order valence-electron chi connectivity index (χ4n) is 2.39. The molecule has 70 valence electrons. The number of hydrogen-bond acceptors (Lipinski definition) is 2. The highest BCUT2D eigenvalue weighted by Gasteiger charge is 2.38. The van der Waals surface area contributed by atoms with Gasteiger partial charge in [-0.25, -0.2) is 0 Å². The Labute approximate surface area is 79.5 Å². The predicted molar refractivity (Wildman–Crippen MR) is 50.6 cm³/mol. The third-order valence-electron chi connectivity index (χ3n) is 3.07. The highest BCUT2D eigenvalue weighted by molar-refractivity contribution is 5.85. The zero-order valence-electron chi connectivity index (χ0n) is 7.27. The lowest BCUT2D eigenvalue weighted by atomic mass is 9.79. The van der Waals surface area contributed by atoms with Crippen LogP contribution in [0.3, 0.4) is 0 Å². The summed E-state index contributed by atoms with van der Waals surface area (Å²) in [4.78, 5) is 11.1. The van der Waals surface area contributed by atoms with Gasteiger partial charge in [-0.2, -0.15) is 0 Å². The first kappa shape index (κ1) is 10.0. The fraction of sp³-hybridized carbons (Fsp3) is 0.889. The van der Waals surface area contributed by atoms with E-state index in [1.807, 2.05) is 0 Å². The SMILES string of the molecule is Cl.O=C1CCC2(CCCNC2)C1. The molecule has 0 aromatic rings. The molecule has 12 heavy (non-hydrogen) atoms. The first-order valence-corrected chi connectivity index (χ1v) is 4.53. The average molecular weight is 190 g/mol. The number of piperidine rings is 1. The summed E-state index contributed by atoms with van der Waals surface area (Å²) in [5, 5.41) is 3.39. The molecule has 1 N–H and O–H groups in total. The molecule has 1 unspecified atom stereocenters. The second kappa shape index (κ2) is 3.75. The molecule has 2 fully saturated rings. The molecule has 2 rings (SSSR count). The molecule has 0 bridgehead atoms. The highest BCUT2D eigenvalue weighted by atomic mass is 35.5. The zero-order valence-corrected chi connectivity index (χ0v) is 8.08. The molecule has 0 aromatic heterocycles. The van der Waals surface area contributed by atoms with Gasteiger partial charge in [-0.15, -0.1) is 12.4 Å². The lowest BCUT2D eigenvalue weighted by Gasteiger charge is -2.32. The van der Waals surface area contributed by atoms with E-state index < -0.39 is 0 Å². The maximum Gasteiger partial charge on any atom is 0.133 e. The summed E-state index contributed by atoms with van der Waals surface area (Å²) in [5.41, 5.74) is 0.384. The Morgan fingerprint density at radius 2 is 2.17 bits per heavy atom. The van der Waals surface area contributed by atoms with Gasteiger partial charge in [0, 0.05) is 19.4 Å². The van der Waals surface area contributed by atoms with Crippen LogP contribution >= 0.6 is 12.4 Å². The summed E-state index contributed by atoms with van der Waals surface area (Å²) in [7, 11) is 0. The molecule has 3 heteroatoms. The summed E-state index contributed by atoms with van der Waals surface area (Å²) in [6.45, 7) is 2.23. The Balaban J connectivity index is 0.000000720. The average Bonchev–Trinajstić information content (AvgIpc) is 2.34. The molecule has 1 atom stereocenters. The van der Waals surface area contributed by atoms with Crippen molar-refractivity contribution < 1.29 is 4.79 Å². The highest BCUT2D eigenvalue weighted by Crippen LogP contribution is 2.40. The second-order valence-electron chi connectivity index (χ2n) is 4.00. The van der Waals surface area contributed by atoms with Gasteiger partial charge in [-0.3, -0.25) is 4.79 Å². The second-order valence-corrected chi connectivity index (χ2v) is 4.00. The van der Waals surface area contributed by atoms with E-state index in [0.29, 0.717) is 11.2 Å². The van der Waals surface area contributed by atoms with Gasteiger partial charge in [0.1, 0.15) is 5.78 Å². The number of carbonyl (C=O) groups excluding carboxylic acids is 1. The van der Waals surface area contributed by atoms with Crippen LogP contribution in [0.25, 0.3) is 0 Å². The number of nitrogens with one attached hydrogen (secondary N) is 1. The van der Waals surface area contributed by atoms with Crippen LogP contribution in [0.1, 0.15) is 32.1 Å². The van der Waals surface area contributed by atoms with Crippen LogP contribution in [0.5, 0.6) is 0 Å². The van der Waals surface area contributed by atoms with Crippen molar-refractivity contribution in [1.82, 2.24) is 5.32 Å². The van der Waals surface area contributed by atoms with E-state index in [1.165, 1.54) is 12.8 Å². The number of hydrogen-bond donors (Lipinski definition) is 1. The van der Waals surface area contributed by atoms with Crippen LogP contribution in [0, 0.1) is 5.41 Å². The van der Waals surface area contributed by atoms with Crippen molar-refractivity contribution in [1.29, 1.82) is 0 Å². The third kappa shape index (κ3) is 1.80. The van der Waals surface area contributed by atoms with Crippen molar-refractivity contribution in [3.63, 3.8) is 0 Å². The van der Waals surface area contributed by atoms with Crippen molar-refractivity contribution in [3.05, 3.63) is 0 Å². The smallest absolute Gasteiger partial charge is 0.133 e. The Bertz CT molecular complexity index is 175. The number of Topliss-reactive ketones (excluding diaryl/α,β-unsaturated/α-hetero) is 1. The molecule has 2 nitrogen and oxygen atoms in total. The monoisotopic (exact) mass is 189 g/mol. The quantitative estimate of drug-likeness (QED) is 0.626. The Morgan fingerprint density at radius 1 is 1.33 bits per heavy atom. The molecular weight excluding hydrogens is 174 g/mol. The minimum Gasteiger partial charge on any atom is -0.316 e. The van der Waals surface area contributed by atoms with Crippen LogP contribution < -0.4 is 5.32 Å². The third-order valence-corrected chi connectivity index (χ3v) is 3.07. The van der Waals surface area contributed by atoms with Crippen molar-refractivity contribution in [2.75, 3.05) is 13.1 Å².